The summed E-state index contributed by atoms with van der Waals surface area (Å²) in [7, 11) is 3.39. The van der Waals surface area contributed by atoms with Crippen molar-refractivity contribution in [2.75, 3.05) is 20.6 Å². The predicted molar refractivity (Wildman–Crippen MR) is 171 cm³/mol. The van der Waals surface area contributed by atoms with Gasteiger partial charge in [0.05, 0.1) is 23.0 Å². The first kappa shape index (κ1) is 36.8. The molecule has 1 unspecified atom stereocenters. The number of carbonyl (C=O) groups is 2. The number of hydrogen-bond acceptors (Lipinski definition) is 4. The summed E-state index contributed by atoms with van der Waals surface area (Å²) in [5.74, 6) is -3.30. The van der Waals surface area contributed by atoms with E-state index in [4.69, 9.17) is 11.6 Å². The maximum Gasteiger partial charge on any atom is 0.416 e. The van der Waals surface area contributed by atoms with E-state index >= 15 is 4.39 Å². The molecule has 7 nitrogen and oxygen atoms in total. The minimum absolute atomic E-state index is 0.0368. The molecule has 0 aliphatic heterocycles. The zero-order chi connectivity index (χ0) is 34.7. The molecule has 0 aliphatic rings. The summed E-state index contributed by atoms with van der Waals surface area (Å²) in [4.78, 5) is 40.7. The molecule has 0 aliphatic carbocycles. The SMILES string of the molecule is Cc1cc(C)c(-c2cc(Cl)c(F)c([C@H](CC(=O)O)NC(=O)C(CC(C)C)n3cc(CCN(C)C)c(C(F)(F)F)cc3=O)c2)c(C)c1. The number of pyridine rings is 1. The van der Waals surface area contributed by atoms with Crippen LogP contribution in [0.3, 0.4) is 0 Å². The largest absolute Gasteiger partial charge is 0.481 e. The Morgan fingerprint density at radius 3 is 2.17 bits per heavy atom. The third-order valence-corrected chi connectivity index (χ3v) is 8.00. The Balaban J connectivity index is 2.15. The average molecular weight is 666 g/mol. The van der Waals surface area contributed by atoms with Crippen LogP contribution in [0.4, 0.5) is 17.6 Å². The van der Waals surface area contributed by atoms with Gasteiger partial charge in [0, 0.05) is 24.4 Å². The van der Waals surface area contributed by atoms with Crippen molar-refractivity contribution in [3.8, 4) is 11.1 Å². The lowest BCUT2D eigenvalue weighted by atomic mass is 9.91. The maximum absolute atomic E-state index is 15.6. The van der Waals surface area contributed by atoms with Crippen molar-refractivity contribution in [1.82, 2.24) is 14.8 Å². The standard InChI is InChI=1S/C34H40ClF4N3O4/c1-18(2)10-28(42-17-22(8-9-41(6)7)25(15-29(42)43)34(37,38)39)33(46)40-27(16-30(44)45)24-13-23(14-26(35)32(24)36)31-20(4)11-19(3)12-21(31)5/h11-15,17-18,27-28H,8-10,16H2,1-7H3,(H,40,46)(H,44,45)/t27-,28?/m0/s1. The number of amides is 1. The van der Waals surface area contributed by atoms with E-state index in [1.807, 2.05) is 32.9 Å². The van der Waals surface area contributed by atoms with Crippen LogP contribution < -0.4 is 10.9 Å². The van der Waals surface area contributed by atoms with Crippen molar-refractivity contribution in [2.24, 2.45) is 5.92 Å². The van der Waals surface area contributed by atoms with E-state index < -0.39 is 53.5 Å². The number of nitrogens with one attached hydrogen (secondary N) is 1. The predicted octanol–water partition coefficient (Wildman–Crippen LogP) is 7.28. The number of alkyl halides is 3. The van der Waals surface area contributed by atoms with Gasteiger partial charge >= 0.3 is 12.1 Å². The summed E-state index contributed by atoms with van der Waals surface area (Å²) in [6, 6.07) is 4.52. The number of likely N-dealkylation sites (N-methyl/N-ethyl adjacent to an activating group) is 1. The lowest BCUT2D eigenvalue weighted by Gasteiger charge is -2.27. The van der Waals surface area contributed by atoms with Gasteiger partial charge in [-0.15, -0.1) is 0 Å². The highest BCUT2D eigenvalue weighted by Gasteiger charge is 2.36. The number of nitrogens with zero attached hydrogens (tertiary/aromatic N) is 2. The highest BCUT2D eigenvalue weighted by Crippen LogP contribution is 2.36. The Kier molecular flexibility index (Phi) is 11.8. The molecule has 0 saturated heterocycles. The molecule has 46 heavy (non-hydrogen) atoms. The monoisotopic (exact) mass is 665 g/mol. The number of carboxylic acid groups (broad SMARTS) is 1. The van der Waals surface area contributed by atoms with Crippen LogP contribution in [0.1, 0.15) is 72.2 Å². The molecule has 2 N–H and O–H groups in total. The van der Waals surface area contributed by atoms with Crippen molar-refractivity contribution in [3.63, 3.8) is 0 Å². The van der Waals surface area contributed by atoms with Crippen LogP contribution in [0.2, 0.25) is 5.02 Å². The van der Waals surface area contributed by atoms with Crippen molar-refractivity contribution < 1.29 is 32.3 Å². The van der Waals surface area contributed by atoms with E-state index in [2.05, 4.69) is 5.32 Å². The lowest BCUT2D eigenvalue weighted by molar-refractivity contribution is -0.139. The first-order chi connectivity index (χ1) is 21.3. The number of carboxylic acids is 1. The number of aliphatic carboxylic acids is 1. The quantitative estimate of drug-likeness (QED) is 0.199. The summed E-state index contributed by atoms with van der Waals surface area (Å²) in [6.07, 6.45) is -4.48. The number of hydrogen-bond donors (Lipinski definition) is 2. The normalized spacial score (nSPS) is 13.3. The van der Waals surface area contributed by atoms with Gasteiger partial charge in [0.2, 0.25) is 5.91 Å². The van der Waals surface area contributed by atoms with Crippen molar-refractivity contribution >= 4 is 23.5 Å². The van der Waals surface area contributed by atoms with Gasteiger partial charge < -0.3 is 19.9 Å². The first-order valence-electron chi connectivity index (χ1n) is 14.9. The summed E-state index contributed by atoms with van der Waals surface area (Å²) >= 11 is 6.32. The third kappa shape index (κ3) is 8.97. The molecule has 0 radical (unpaired) electrons. The fourth-order valence-corrected chi connectivity index (χ4v) is 5.99. The zero-order valence-corrected chi connectivity index (χ0v) is 27.7. The summed E-state index contributed by atoms with van der Waals surface area (Å²) in [5, 5.41) is 12.1. The van der Waals surface area contributed by atoms with Gasteiger partial charge in [0.25, 0.3) is 5.56 Å². The summed E-state index contributed by atoms with van der Waals surface area (Å²) < 4.78 is 58.2. The number of aryl methyl sites for hydroxylation is 3. The van der Waals surface area contributed by atoms with Gasteiger partial charge in [-0.25, -0.2) is 4.39 Å². The number of halogens is 5. The smallest absolute Gasteiger partial charge is 0.416 e. The molecule has 12 heteroatoms. The molecule has 250 valence electrons. The molecule has 0 bridgehead atoms. The van der Waals surface area contributed by atoms with E-state index in [9.17, 15) is 32.7 Å². The average Bonchev–Trinajstić information content (AvgIpc) is 2.90. The van der Waals surface area contributed by atoms with E-state index in [0.29, 0.717) is 11.6 Å². The fraction of sp³-hybridized carbons (Fsp3) is 0.441. The van der Waals surface area contributed by atoms with Gasteiger partial charge in [-0.2, -0.15) is 13.2 Å². The minimum Gasteiger partial charge on any atom is -0.481 e. The second-order valence-corrected chi connectivity index (χ2v) is 12.9. The molecule has 1 heterocycles. The van der Waals surface area contributed by atoms with Gasteiger partial charge in [0.1, 0.15) is 11.9 Å². The Morgan fingerprint density at radius 1 is 1.04 bits per heavy atom. The Hall–Kier alpha value is -3.70. The maximum atomic E-state index is 15.6. The Labute approximate surface area is 271 Å². The molecule has 0 fully saturated rings. The van der Waals surface area contributed by atoms with E-state index in [0.717, 1.165) is 33.0 Å². The van der Waals surface area contributed by atoms with Crippen LogP contribution >= 0.6 is 11.6 Å². The Morgan fingerprint density at radius 2 is 1.65 bits per heavy atom. The molecule has 1 amide bonds. The van der Waals surface area contributed by atoms with Gasteiger partial charge in [-0.05, 0) is 93.6 Å². The van der Waals surface area contributed by atoms with Crippen LogP contribution in [0.25, 0.3) is 11.1 Å². The van der Waals surface area contributed by atoms with E-state index in [1.54, 1.807) is 32.8 Å². The number of aromatic nitrogens is 1. The molecule has 3 rings (SSSR count). The van der Waals surface area contributed by atoms with Crippen LogP contribution in [-0.2, 0) is 22.2 Å². The van der Waals surface area contributed by atoms with E-state index in [-0.39, 0.29) is 41.5 Å². The second-order valence-electron chi connectivity index (χ2n) is 12.4. The molecule has 2 aromatic carbocycles. The summed E-state index contributed by atoms with van der Waals surface area (Å²) in [6.45, 7) is 9.49. The number of carbonyl (C=O) groups excluding carboxylic acids is 1. The van der Waals surface area contributed by atoms with Crippen molar-refractivity contribution in [2.45, 2.75) is 72.1 Å². The van der Waals surface area contributed by atoms with E-state index in [1.165, 1.54) is 12.1 Å². The molecule has 1 aromatic heterocycles. The minimum atomic E-state index is -4.79. The topological polar surface area (TPSA) is 91.6 Å². The molecule has 3 aromatic rings. The fourth-order valence-electron chi connectivity index (χ4n) is 5.76. The highest BCUT2D eigenvalue weighted by molar-refractivity contribution is 6.31. The molecular weight excluding hydrogens is 626 g/mol. The van der Waals surface area contributed by atoms with Crippen molar-refractivity contribution in [1.29, 1.82) is 0 Å². The molecule has 2 atom stereocenters. The van der Waals surface area contributed by atoms with Crippen LogP contribution in [-0.4, -0.2) is 47.1 Å². The molecule has 0 spiro atoms. The highest BCUT2D eigenvalue weighted by atomic mass is 35.5. The molecular formula is C34H40ClF4N3O4. The van der Waals surface area contributed by atoms with Gasteiger partial charge in [-0.1, -0.05) is 43.1 Å². The number of benzene rings is 2. The zero-order valence-electron chi connectivity index (χ0n) is 27.0. The number of rotatable bonds is 12. The summed E-state index contributed by atoms with van der Waals surface area (Å²) in [5.41, 5.74) is 1.60. The van der Waals surface area contributed by atoms with Crippen LogP contribution in [0.5, 0.6) is 0 Å². The first-order valence-corrected chi connectivity index (χ1v) is 15.2. The molecule has 0 saturated carbocycles. The van der Waals surface area contributed by atoms with Crippen LogP contribution in [0, 0.1) is 32.5 Å². The third-order valence-electron chi connectivity index (χ3n) is 7.72. The van der Waals surface area contributed by atoms with Crippen LogP contribution in [0.15, 0.2) is 41.3 Å². The lowest BCUT2D eigenvalue weighted by Crippen LogP contribution is -2.41. The second kappa shape index (κ2) is 14.8. The van der Waals surface area contributed by atoms with Gasteiger partial charge in [0.15, 0.2) is 0 Å². The van der Waals surface area contributed by atoms with Gasteiger partial charge in [-0.3, -0.25) is 14.4 Å². The van der Waals surface area contributed by atoms with Crippen molar-refractivity contribution in [3.05, 3.63) is 91.1 Å². The Bertz CT molecular complexity index is 1640.